The number of hydrogen-bond acceptors (Lipinski definition) is 4. The van der Waals surface area contributed by atoms with Gasteiger partial charge in [-0.25, -0.2) is 4.31 Å². The predicted molar refractivity (Wildman–Crippen MR) is 145 cm³/mol. The second kappa shape index (κ2) is 12.6. The molecule has 0 heterocycles. The van der Waals surface area contributed by atoms with Crippen molar-refractivity contribution in [1.29, 1.82) is 0 Å². The highest BCUT2D eigenvalue weighted by Crippen LogP contribution is 2.26. The predicted octanol–water partition coefficient (Wildman–Crippen LogP) is 3.90. The molecule has 2 amide bonds. The summed E-state index contributed by atoms with van der Waals surface area (Å²) in [7, 11) is -1.17. The van der Waals surface area contributed by atoms with E-state index in [0.29, 0.717) is 16.3 Å². The van der Waals surface area contributed by atoms with Crippen LogP contribution in [0.3, 0.4) is 0 Å². The Balaban J connectivity index is 2.51. The highest BCUT2D eigenvalue weighted by molar-refractivity contribution is 7.90. The average molecular weight is 537 g/mol. The summed E-state index contributed by atoms with van der Waals surface area (Å²) in [5.74, 6) is -0.818. The van der Waals surface area contributed by atoms with E-state index in [1.807, 2.05) is 39.0 Å². The van der Waals surface area contributed by atoms with E-state index < -0.39 is 28.7 Å². The number of hydrogen-bond donors (Lipinski definition) is 1. The van der Waals surface area contributed by atoms with Crippen LogP contribution < -0.4 is 9.62 Å². The number of aryl methyl sites for hydroxylation is 2. The maximum absolute atomic E-state index is 13.8. The Morgan fingerprint density at radius 2 is 1.72 bits per heavy atom. The first kappa shape index (κ1) is 29.6. The molecule has 0 spiro atoms. The molecule has 0 aliphatic heterocycles. The van der Waals surface area contributed by atoms with Crippen molar-refractivity contribution >= 4 is 39.3 Å². The molecule has 2 rings (SSSR count). The van der Waals surface area contributed by atoms with Gasteiger partial charge < -0.3 is 10.2 Å². The number of halogens is 1. The van der Waals surface area contributed by atoms with Gasteiger partial charge in [0, 0.05) is 31.7 Å². The molecule has 0 fully saturated rings. The minimum absolute atomic E-state index is 0.0661. The van der Waals surface area contributed by atoms with Crippen molar-refractivity contribution in [3.05, 3.63) is 64.2 Å². The topological polar surface area (TPSA) is 90.0 Å². The molecule has 10 heteroatoms. The van der Waals surface area contributed by atoms with Crippen LogP contribution in [0.2, 0.25) is 5.02 Å². The third-order valence-electron chi connectivity index (χ3n) is 6.06. The van der Waals surface area contributed by atoms with Gasteiger partial charge in [0.2, 0.25) is 11.8 Å². The Bertz CT molecular complexity index is 1190. The summed E-state index contributed by atoms with van der Waals surface area (Å²) in [6.07, 6.45) is 0.738. The first-order valence-electron chi connectivity index (χ1n) is 11.9. The first-order valence-corrected chi connectivity index (χ1v) is 13.7. The zero-order valence-corrected chi connectivity index (χ0v) is 23.7. The molecule has 0 saturated heterocycles. The smallest absolute Gasteiger partial charge is 0.304 e. The fourth-order valence-corrected chi connectivity index (χ4v) is 4.90. The minimum Gasteiger partial charge on any atom is -0.352 e. The van der Waals surface area contributed by atoms with Crippen molar-refractivity contribution in [2.45, 2.75) is 59.7 Å². The Morgan fingerprint density at radius 3 is 2.31 bits per heavy atom. The van der Waals surface area contributed by atoms with Crippen molar-refractivity contribution in [1.82, 2.24) is 14.5 Å². The molecule has 36 heavy (non-hydrogen) atoms. The van der Waals surface area contributed by atoms with Crippen LogP contribution in [0.25, 0.3) is 0 Å². The first-order chi connectivity index (χ1) is 16.8. The molecular weight excluding hydrogens is 500 g/mol. The zero-order chi connectivity index (χ0) is 27.2. The molecule has 0 saturated carbocycles. The van der Waals surface area contributed by atoms with Gasteiger partial charge in [-0.3, -0.25) is 9.59 Å². The lowest BCUT2D eigenvalue weighted by Crippen LogP contribution is -2.53. The van der Waals surface area contributed by atoms with Gasteiger partial charge in [-0.1, -0.05) is 42.8 Å². The molecule has 198 valence electrons. The number of benzene rings is 2. The summed E-state index contributed by atoms with van der Waals surface area (Å²) in [6.45, 7) is 8.77. The fraction of sp³-hybridized carbons (Fsp3) is 0.462. The van der Waals surface area contributed by atoms with Crippen LogP contribution in [-0.2, 0) is 26.3 Å². The minimum atomic E-state index is -4.01. The Hall–Kier alpha value is -2.62. The van der Waals surface area contributed by atoms with Crippen LogP contribution in [0.15, 0.2) is 42.5 Å². The summed E-state index contributed by atoms with van der Waals surface area (Å²) >= 11 is 6.15. The van der Waals surface area contributed by atoms with Crippen molar-refractivity contribution < 1.29 is 18.0 Å². The SMILES string of the molecule is CC[C@@H](C)NC(=O)[C@H](C)N(Cc1cccc(Cl)c1)C(=O)CN(c1cc(C)ccc1C)S(=O)(=O)N(C)C. The van der Waals surface area contributed by atoms with Gasteiger partial charge in [0.05, 0.1) is 5.69 Å². The second-order valence-electron chi connectivity index (χ2n) is 9.23. The van der Waals surface area contributed by atoms with Gasteiger partial charge in [-0.15, -0.1) is 0 Å². The van der Waals surface area contributed by atoms with E-state index in [2.05, 4.69) is 5.32 Å². The molecular formula is C26H37ClN4O4S. The lowest BCUT2D eigenvalue weighted by atomic mass is 10.1. The maximum atomic E-state index is 13.8. The van der Waals surface area contributed by atoms with Crippen molar-refractivity contribution in [2.75, 3.05) is 24.9 Å². The van der Waals surface area contributed by atoms with Gasteiger partial charge in [0.25, 0.3) is 0 Å². The van der Waals surface area contributed by atoms with Gasteiger partial charge in [-0.05, 0) is 69.0 Å². The number of anilines is 1. The Labute approximate surface area is 220 Å². The molecule has 0 aliphatic rings. The molecule has 0 unspecified atom stereocenters. The van der Waals surface area contributed by atoms with Crippen LogP contribution in [0.5, 0.6) is 0 Å². The van der Waals surface area contributed by atoms with E-state index in [1.54, 1.807) is 38.1 Å². The van der Waals surface area contributed by atoms with Gasteiger partial charge >= 0.3 is 10.2 Å². The summed E-state index contributed by atoms with van der Waals surface area (Å²) in [6, 6.07) is 11.6. The highest BCUT2D eigenvalue weighted by Gasteiger charge is 2.33. The maximum Gasteiger partial charge on any atom is 0.304 e. The van der Waals surface area contributed by atoms with E-state index in [1.165, 1.54) is 19.0 Å². The van der Waals surface area contributed by atoms with E-state index >= 15 is 0 Å². The van der Waals surface area contributed by atoms with Crippen LogP contribution in [-0.4, -0.2) is 62.2 Å². The fourth-order valence-electron chi connectivity index (χ4n) is 3.57. The number of rotatable bonds is 11. The lowest BCUT2D eigenvalue weighted by Gasteiger charge is -2.33. The van der Waals surface area contributed by atoms with Crippen LogP contribution in [0, 0.1) is 13.8 Å². The summed E-state index contributed by atoms with van der Waals surface area (Å²) in [4.78, 5) is 28.2. The van der Waals surface area contributed by atoms with Gasteiger partial charge in [-0.2, -0.15) is 12.7 Å². The number of amides is 2. The summed E-state index contributed by atoms with van der Waals surface area (Å²) < 4.78 is 28.8. The lowest BCUT2D eigenvalue weighted by molar-refractivity contribution is -0.139. The number of carbonyl (C=O) groups is 2. The Kier molecular flexibility index (Phi) is 10.3. The molecule has 1 N–H and O–H groups in total. The standard InChI is InChI=1S/C26H37ClN4O4S/c1-8-20(4)28-26(33)21(5)30(16-22-10-9-11-23(27)15-22)25(32)17-31(36(34,35)29(6)7)24-14-18(2)12-13-19(24)3/h9-15,20-21H,8,16-17H2,1-7H3,(H,28,33)/t20-,21+/m1/s1. The molecule has 0 aromatic heterocycles. The summed E-state index contributed by atoms with van der Waals surface area (Å²) in [5, 5.41) is 3.42. The van der Waals surface area contributed by atoms with Crippen molar-refractivity contribution in [2.24, 2.45) is 0 Å². The van der Waals surface area contributed by atoms with E-state index in [0.717, 1.165) is 26.2 Å². The zero-order valence-electron chi connectivity index (χ0n) is 22.1. The summed E-state index contributed by atoms with van der Waals surface area (Å²) in [5.41, 5.74) is 2.71. The largest absolute Gasteiger partial charge is 0.352 e. The molecule has 2 atom stereocenters. The molecule has 2 aromatic rings. The second-order valence-corrected chi connectivity index (χ2v) is 11.7. The average Bonchev–Trinajstić information content (AvgIpc) is 2.81. The number of nitrogens with zero attached hydrogens (tertiary/aromatic N) is 3. The normalized spacial score (nSPS) is 13.2. The molecule has 8 nitrogen and oxygen atoms in total. The monoisotopic (exact) mass is 536 g/mol. The van der Waals surface area contributed by atoms with Crippen molar-refractivity contribution in [3.8, 4) is 0 Å². The number of nitrogens with one attached hydrogen (secondary N) is 1. The quantitative estimate of drug-likeness (QED) is 0.471. The van der Waals surface area contributed by atoms with Crippen molar-refractivity contribution in [3.63, 3.8) is 0 Å². The third kappa shape index (κ3) is 7.44. The van der Waals surface area contributed by atoms with Crippen LogP contribution >= 0.6 is 11.6 Å². The van der Waals surface area contributed by atoms with Gasteiger partial charge in [0.15, 0.2) is 0 Å². The van der Waals surface area contributed by atoms with E-state index in [-0.39, 0.29) is 18.5 Å². The molecule has 2 aromatic carbocycles. The number of carbonyl (C=O) groups excluding carboxylic acids is 2. The Morgan fingerprint density at radius 1 is 1.06 bits per heavy atom. The van der Waals surface area contributed by atoms with E-state index in [4.69, 9.17) is 11.6 Å². The van der Waals surface area contributed by atoms with Gasteiger partial charge in [0.1, 0.15) is 12.6 Å². The molecule has 0 aliphatic carbocycles. The molecule has 0 radical (unpaired) electrons. The van der Waals surface area contributed by atoms with Crippen LogP contribution in [0.4, 0.5) is 5.69 Å². The third-order valence-corrected chi connectivity index (χ3v) is 8.10. The molecule has 0 bridgehead atoms. The highest BCUT2D eigenvalue weighted by atomic mass is 35.5. The van der Waals surface area contributed by atoms with Crippen LogP contribution in [0.1, 0.15) is 43.9 Å². The van der Waals surface area contributed by atoms with E-state index in [9.17, 15) is 18.0 Å².